The SMILES string of the molecule is COc1cc(CCC(=O)NC2CCC(c3ccccc3)CC2)cc(OC)c1OC. The third-order valence-corrected chi connectivity index (χ3v) is 5.73. The van der Waals surface area contributed by atoms with Crippen molar-refractivity contribution in [1.82, 2.24) is 5.32 Å². The molecule has 1 amide bonds. The van der Waals surface area contributed by atoms with Gasteiger partial charge in [-0.1, -0.05) is 30.3 Å². The van der Waals surface area contributed by atoms with E-state index in [0.717, 1.165) is 31.2 Å². The average molecular weight is 398 g/mol. The number of carbonyl (C=O) groups excluding carboxylic acids is 1. The van der Waals surface area contributed by atoms with Crippen LogP contribution >= 0.6 is 0 Å². The number of amides is 1. The highest BCUT2D eigenvalue weighted by Gasteiger charge is 2.23. The lowest BCUT2D eigenvalue weighted by Crippen LogP contribution is -2.37. The van der Waals surface area contributed by atoms with Crippen LogP contribution in [-0.2, 0) is 11.2 Å². The first-order valence-corrected chi connectivity index (χ1v) is 10.3. The number of ether oxygens (including phenoxy) is 3. The maximum absolute atomic E-state index is 12.5. The lowest BCUT2D eigenvalue weighted by molar-refractivity contribution is -0.122. The summed E-state index contributed by atoms with van der Waals surface area (Å²) < 4.78 is 16.1. The highest BCUT2D eigenvalue weighted by Crippen LogP contribution is 2.38. The highest BCUT2D eigenvalue weighted by molar-refractivity contribution is 5.76. The van der Waals surface area contributed by atoms with Crippen molar-refractivity contribution in [2.75, 3.05) is 21.3 Å². The Morgan fingerprint density at radius 1 is 0.931 bits per heavy atom. The van der Waals surface area contributed by atoms with Crippen molar-refractivity contribution in [2.45, 2.75) is 50.5 Å². The number of carbonyl (C=O) groups is 1. The van der Waals surface area contributed by atoms with Gasteiger partial charge in [0.15, 0.2) is 11.5 Å². The Kier molecular flexibility index (Phi) is 7.39. The molecule has 156 valence electrons. The fourth-order valence-corrected chi connectivity index (χ4v) is 4.13. The molecule has 5 nitrogen and oxygen atoms in total. The van der Waals surface area contributed by atoms with Crippen LogP contribution in [0.15, 0.2) is 42.5 Å². The summed E-state index contributed by atoms with van der Waals surface area (Å²) in [6.45, 7) is 0. The Bertz CT molecular complexity index is 773. The molecule has 2 aromatic rings. The molecule has 0 saturated heterocycles. The van der Waals surface area contributed by atoms with Gasteiger partial charge < -0.3 is 19.5 Å². The Morgan fingerprint density at radius 2 is 1.55 bits per heavy atom. The number of hydrogen-bond acceptors (Lipinski definition) is 4. The Hall–Kier alpha value is -2.69. The maximum atomic E-state index is 12.5. The molecule has 1 fully saturated rings. The molecule has 3 rings (SSSR count). The minimum Gasteiger partial charge on any atom is -0.493 e. The zero-order valence-corrected chi connectivity index (χ0v) is 17.6. The van der Waals surface area contributed by atoms with E-state index in [2.05, 4.69) is 35.6 Å². The van der Waals surface area contributed by atoms with Crippen LogP contribution in [0.5, 0.6) is 17.2 Å². The zero-order chi connectivity index (χ0) is 20.6. The largest absolute Gasteiger partial charge is 0.493 e. The Labute approximate surface area is 173 Å². The van der Waals surface area contributed by atoms with Gasteiger partial charge in [-0.05, 0) is 61.3 Å². The first-order valence-electron chi connectivity index (χ1n) is 10.3. The smallest absolute Gasteiger partial charge is 0.220 e. The van der Waals surface area contributed by atoms with Crippen LogP contribution in [-0.4, -0.2) is 33.3 Å². The van der Waals surface area contributed by atoms with E-state index in [0.29, 0.717) is 36.0 Å². The molecule has 1 aliphatic carbocycles. The number of aryl methyl sites for hydroxylation is 1. The van der Waals surface area contributed by atoms with Gasteiger partial charge in [0, 0.05) is 12.5 Å². The molecule has 29 heavy (non-hydrogen) atoms. The summed E-state index contributed by atoms with van der Waals surface area (Å²) in [4.78, 5) is 12.5. The van der Waals surface area contributed by atoms with Gasteiger partial charge in [-0.2, -0.15) is 0 Å². The summed E-state index contributed by atoms with van der Waals surface area (Å²) >= 11 is 0. The standard InChI is InChI=1S/C24H31NO4/c1-27-21-15-17(16-22(28-2)24(21)29-3)9-14-23(26)25-20-12-10-19(11-13-20)18-7-5-4-6-8-18/h4-8,15-16,19-20H,9-14H2,1-3H3,(H,25,26). The van der Waals surface area contributed by atoms with Crippen molar-refractivity contribution in [3.05, 3.63) is 53.6 Å². The average Bonchev–Trinajstić information content (AvgIpc) is 2.78. The molecule has 2 aromatic carbocycles. The van der Waals surface area contributed by atoms with Gasteiger partial charge in [0.05, 0.1) is 21.3 Å². The number of rotatable bonds is 8. The highest BCUT2D eigenvalue weighted by atomic mass is 16.5. The van der Waals surface area contributed by atoms with Crippen LogP contribution in [0, 0.1) is 0 Å². The quantitative estimate of drug-likeness (QED) is 0.713. The summed E-state index contributed by atoms with van der Waals surface area (Å²) in [5, 5.41) is 3.21. The third kappa shape index (κ3) is 5.43. The summed E-state index contributed by atoms with van der Waals surface area (Å²) in [5.74, 6) is 2.51. The third-order valence-electron chi connectivity index (χ3n) is 5.73. The van der Waals surface area contributed by atoms with E-state index >= 15 is 0 Å². The molecule has 0 aromatic heterocycles. The molecule has 0 spiro atoms. The Balaban J connectivity index is 1.49. The number of hydrogen-bond donors (Lipinski definition) is 1. The molecule has 0 aliphatic heterocycles. The topological polar surface area (TPSA) is 56.8 Å². The first kappa shape index (κ1) is 21.0. The summed E-state index contributed by atoms with van der Waals surface area (Å²) in [7, 11) is 4.78. The van der Waals surface area contributed by atoms with Crippen molar-refractivity contribution < 1.29 is 19.0 Å². The number of methoxy groups -OCH3 is 3. The second kappa shape index (κ2) is 10.2. The predicted molar refractivity (Wildman–Crippen MR) is 114 cm³/mol. The van der Waals surface area contributed by atoms with Crippen LogP contribution in [0.4, 0.5) is 0 Å². The monoisotopic (exact) mass is 397 g/mol. The van der Waals surface area contributed by atoms with Crippen LogP contribution in [0.2, 0.25) is 0 Å². The molecular formula is C24H31NO4. The van der Waals surface area contributed by atoms with Crippen molar-refractivity contribution in [2.24, 2.45) is 0 Å². The van der Waals surface area contributed by atoms with E-state index in [4.69, 9.17) is 14.2 Å². The van der Waals surface area contributed by atoms with Gasteiger partial charge in [0.25, 0.3) is 0 Å². The van der Waals surface area contributed by atoms with Crippen LogP contribution in [0.3, 0.4) is 0 Å². The van der Waals surface area contributed by atoms with E-state index < -0.39 is 0 Å². The van der Waals surface area contributed by atoms with Crippen molar-refractivity contribution in [3.8, 4) is 17.2 Å². The predicted octanol–water partition coefficient (Wildman–Crippen LogP) is 4.49. The molecule has 1 N–H and O–H groups in total. The molecule has 0 atom stereocenters. The van der Waals surface area contributed by atoms with Gasteiger partial charge in [0.1, 0.15) is 0 Å². The van der Waals surface area contributed by atoms with E-state index in [1.165, 1.54) is 5.56 Å². The van der Waals surface area contributed by atoms with Crippen LogP contribution in [0.25, 0.3) is 0 Å². The molecule has 1 aliphatic rings. The van der Waals surface area contributed by atoms with Gasteiger partial charge in [-0.3, -0.25) is 4.79 Å². The fraction of sp³-hybridized carbons (Fsp3) is 0.458. The second-order valence-electron chi connectivity index (χ2n) is 7.56. The molecule has 0 heterocycles. The van der Waals surface area contributed by atoms with Gasteiger partial charge in [-0.25, -0.2) is 0 Å². The number of nitrogens with one attached hydrogen (secondary N) is 1. The minimum absolute atomic E-state index is 0.0990. The molecular weight excluding hydrogens is 366 g/mol. The molecule has 0 unspecified atom stereocenters. The second-order valence-corrected chi connectivity index (χ2v) is 7.56. The van der Waals surface area contributed by atoms with Crippen molar-refractivity contribution >= 4 is 5.91 Å². The van der Waals surface area contributed by atoms with Gasteiger partial charge >= 0.3 is 0 Å². The van der Waals surface area contributed by atoms with E-state index in [9.17, 15) is 4.79 Å². The lowest BCUT2D eigenvalue weighted by atomic mass is 9.82. The van der Waals surface area contributed by atoms with E-state index in [-0.39, 0.29) is 11.9 Å². The summed E-state index contributed by atoms with van der Waals surface area (Å²) in [6, 6.07) is 14.8. The maximum Gasteiger partial charge on any atom is 0.220 e. The minimum atomic E-state index is 0.0990. The van der Waals surface area contributed by atoms with E-state index in [1.54, 1.807) is 21.3 Å². The van der Waals surface area contributed by atoms with Crippen molar-refractivity contribution in [1.29, 1.82) is 0 Å². The fourth-order valence-electron chi connectivity index (χ4n) is 4.13. The lowest BCUT2D eigenvalue weighted by Gasteiger charge is -2.29. The number of benzene rings is 2. The summed E-state index contributed by atoms with van der Waals surface area (Å²) in [5.41, 5.74) is 2.40. The van der Waals surface area contributed by atoms with E-state index in [1.807, 2.05) is 12.1 Å². The summed E-state index contributed by atoms with van der Waals surface area (Å²) in [6.07, 6.45) is 5.40. The van der Waals surface area contributed by atoms with Crippen LogP contribution in [0.1, 0.15) is 49.1 Å². The molecule has 1 saturated carbocycles. The molecule has 0 radical (unpaired) electrons. The molecule has 0 bridgehead atoms. The Morgan fingerprint density at radius 3 is 2.10 bits per heavy atom. The first-order chi connectivity index (χ1) is 14.1. The van der Waals surface area contributed by atoms with Crippen molar-refractivity contribution in [3.63, 3.8) is 0 Å². The normalized spacial score (nSPS) is 18.7. The zero-order valence-electron chi connectivity index (χ0n) is 17.6. The molecule has 5 heteroatoms. The van der Waals surface area contributed by atoms with Crippen LogP contribution < -0.4 is 19.5 Å². The van der Waals surface area contributed by atoms with Gasteiger partial charge in [0.2, 0.25) is 11.7 Å². The van der Waals surface area contributed by atoms with Gasteiger partial charge in [-0.15, -0.1) is 0 Å².